The van der Waals surface area contributed by atoms with Crippen LogP contribution in [0.2, 0.25) is 0 Å². The number of nitrogens with one attached hydrogen (secondary N) is 2. The monoisotopic (exact) mass is 330 g/mol. The summed E-state index contributed by atoms with van der Waals surface area (Å²) in [6.45, 7) is 7.86. The van der Waals surface area contributed by atoms with Gasteiger partial charge in [0.1, 0.15) is 0 Å². The van der Waals surface area contributed by atoms with Crippen LogP contribution in [0.25, 0.3) is 0 Å². The number of amides is 4. The normalized spacial score (nSPS) is 24.0. The average molecular weight is 330 g/mol. The van der Waals surface area contributed by atoms with Crippen LogP contribution in [0.4, 0.5) is 15.3 Å². The fraction of sp³-hybridized carbons (Fsp3) is 0.556. The van der Waals surface area contributed by atoms with E-state index in [1.807, 2.05) is 29.2 Å². The Morgan fingerprint density at radius 3 is 2.62 bits per heavy atom. The van der Waals surface area contributed by atoms with Crippen molar-refractivity contribution in [1.82, 2.24) is 15.1 Å². The molecule has 1 aromatic carbocycles. The summed E-state index contributed by atoms with van der Waals surface area (Å²) in [6, 6.07) is 7.61. The summed E-state index contributed by atoms with van der Waals surface area (Å²) in [5.41, 5.74) is 1.74. The molecular formula is C18H26N4O2. The third-order valence-corrected chi connectivity index (χ3v) is 4.72. The highest BCUT2D eigenvalue weighted by molar-refractivity contribution is 5.90. The van der Waals surface area contributed by atoms with Crippen LogP contribution in [0.3, 0.4) is 0 Å². The van der Waals surface area contributed by atoms with Gasteiger partial charge in [-0.3, -0.25) is 0 Å². The summed E-state index contributed by atoms with van der Waals surface area (Å²) in [7, 11) is 0. The molecule has 0 radical (unpaired) electrons. The lowest BCUT2D eigenvalue weighted by molar-refractivity contribution is 0.156. The lowest BCUT2D eigenvalue weighted by Crippen LogP contribution is -2.44. The topological polar surface area (TPSA) is 64.7 Å². The van der Waals surface area contributed by atoms with Crippen molar-refractivity contribution in [2.45, 2.75) is 26.8 Å². The van der Waals surface area contributed by atoms with Gasteiger partial charge in [-0.25, -0.2) is 9.59 Å². The highest BCUT2D eigenvalue weighted by Gasteiger charge is 2.26. The number of benzene rings is 1. The Morgan fingerprint density at radius 2 is 1.96 bits per heavy atom. The molecule has 2 heterocycles. The minimum Gasteiger partial charge on any atom is -0.336 e. The van der Waals surface area contributed by atoms with Crippen LogP contribution in [0, 0.1) is 11.8 Å². The van der Waals surface area contributed by atoms with Gasteiger partial charge in [-0.15, -0.1) is 0 Å². The lowest BCUT2D eigenvalue weighted by Gasteiger charge is -2.35. The number of hydrogen-bond acceptors (Lipinski definition) is 2. The molecule has 0 saturated carbocycles. The van der Waals surface area contributed by atoms with Crippen molar-refractivity contribution < 1.29 is 9.59 Å². The zero-order chi connectivity index (χ0) is 17.1. The molecule has 2 atom stereocenters. The van der Waals surface area contributed by atoms with E-state index in [1.54, 1.807) is 4.90 Å². The predicted octanol–water partition coefficient (Wildman–Crippen LogP) is 2.72. The van der Waals surface area contributed by atoms with E-state index in [2.05, 4.69) is 24.5 Å². The minimum atomic E-state index is -0.0493. The second-order valence-corrected chi connectivity index (χ2v) is 7.09. The van der Waals surface area contributed by atoms with Crippen LogP contribution in [-0.4, -0.2) is 48.0 Å². The zero-order valence-corrected chi connectivity index (χ0v) is 14.4. The van der Waals surface area contributed by atoms with E-state index in [9.17, 15) is 9.59 Å². The smallest absolute Gasteiger partial charge is 0.321 e. The second kappa shape index (κ2) is 7.11. The van der Waals surface area contributed by atoms with Crippen LogP contribution in [0.1, 0.15) is 25.8 Å². The number of hydrogen-bond donors (Lipinski definition) is 2. The molecule has 2 saturated heterocycles. The largest absolute Gasteiger partial charge is 0.336 e. The van der Waals surface area contributed by atoms with Crippen molar-refractivity contribution in [3.05, 3.63) is 29.8 Å². The summed E-state index contributed by atoms with van der Waals surface area (Å²) >= 11 is 0. The molecule has 2 unspecified atom stereocenters. The standard InChI is InChI=1S/C18H26N4O2/c1-13-9-14(2)11-22(10-13)18(24)20-16-6-4-3-5-15(16)12-21-8-7-19-17(21)23/h3-6,13-14H,7-12H2,1-2H3,(H,19,23)(H,20,24). The second-order valence-electron chi connectivity index (χ2n) is 7.09. The zero-order valence-electron chi connectivity index (χ0n) is 14.4. The van der Waals surface area contributed by atoms with Gasteiger partial charge in [-0.2, -0.15) is 0 Å². The number of carbonyl (C=O) groups excluding carboxylic acids is 2. The molecule has 1 aromatic rings. The van der Waals surface area contributed by atoms with E-state index in [4.69, 9.17) is 0 Å². The summed E-state index contributed by atoms with van der Waals surface area (Å²) in [5, 5.41) is 5.84. The summed E-state index contributed by atoms with van der Waals surface area (Å²) in [4.78, 5) is 28.0. The number of nitrogens with zero attached hydrogens (tertiary/aromatic N) is 2. The molecule has 0 aromatic heterocycles. The van der Waals surface area contributed by atoms with Gasteiger partial charge in [-0.1, -0.05) is 32.0 Å². The highest BCUT2D eigenvalue weighted by atomic mass is 16.2. The molecule has 0 bridgehead atoms. The van der Waals surface area contributed by atoms with Crippen LogP contribution < -0.4 is 10.6 Å². The van der Waals surface area contributed by atoms with Crippen LogP contribution in [-0.2, 0) is 6.54 Å². The van der Waals surface area contributed by atoms with Crippen LogP contribution in [0.15, 0.2) is 24.3 Å². The van der Waals surface area contributed by atoms with E-state index in [0.717, 1.165) is 24.3 Å². The van der Waals surface area contributed by atoms with Gasteiger partial charge in [0.25, 0.3) is 0 Å². The predicted molar refractivity (Wildman–Crippen MR) is 93.8 cm³/mol. The third kappa shape index (κ3) is 3.80. The van der Waals surface area contributed by atoms with Gasteiger partial charge in [0.05, 0.1) is 0 Å². The first kappa shape index (κ1) is 16.6. The molecule has 0 aliphatic carbocycles. The maximum Gasteiger partial charge on any atom is 0.321 e. The van der Waals surface area contributed by atoms with Gasteiger partial charge in [0.15, 0.2) is 0 Å². The molecule has 3 rings (SSSR count). The molecule has 2 aliphatic heterocycles. The minimum absolute atomic E-state index is 0.0465. The van der Waals surface area contributed by atoms with Gasteiger partial charge in [0.2, 0.25) is 0 Å². The molecule has 130 valence electrons. The first-order valence-corrected chi connectivity index (χ1v) is 8.69. The highest BCUT2D eigenvalue weighted by Crippen LogP contribution is 2.23. The molecule has 24 heavy (non-hydrogen) atoms. The number of carbonyl (C=O) groups is 2. The Hall–Kier alpha value is -2.24. The summed E-state index contributed by atoms with van der Waals surface area (Å²) in [6.07, 6.45) is 1.17. The molecular weight excluding hydrogens is 304 g/mol. The Bertz CT molecular complexity index is 609. The molecule has 2 N–H and O–H groups in total. The SMILES string of the molecule is CC1CC(C)CN(C(=O)Nc2ccccc2CN2CCNC2=O)C1. The fourth-order valence-corrected chi connectivity index (χ4v) is 3.67. The first-order chi connectivity index (χ1) is 11.5. The number of likely N-dealkylation sites (tertiary alicyclic amines) is 1. The number of rotatable bonds is 3. The number of para-hydroxylation sites is 1. The molecule has 6 heteroatoms. The summed E-state index contributed by atoms with van der Waals surface area (Å²) in [5.74, 6) is 1.06. The molecule has 6 nitrogen and oxygen atoms in total. The van der Waals surface area contributed by atoms with Gasteiger partial charge >= 0.3 is 12.1 Å². The number of anilines is 1. The van der Waals surface area contributed by atoms with Crippen molar-refractivity contribution in [2.24, 2.45) is 11.8 Å². The van der Waals surface area contributed by atoms with Crippen molar-refractivity contribution >= 4 is 17.7 Å². The van der Waals surface area contributed by atoms with Gasteiger partial charge < -0.3 is 20.4 Å². The fourth-order valence-electron chi connectivity index (χ4n) is 3.67. The average Bonchev–Trinajstić information content (AvgIpc) is 2.93. The van der Waals surface area contributed by atoms with Crippen molar-refractivity contribution in [3.8, 4) is 0 Å². The molecule has 4 amide bonds. The quantitative estimate of drug-likeness (QED) is 0.895. The number of urea groups is 2. The van der Waals surface area contributed by atoms with E-state index in [-0.39, 0.29) is 12.1 Å². The molecule has 0 spiro atoms. The van der Waals surface area contributed by atoms with Gasteiger partial charge in [-0.05, 0) is 29.9 Å². The van der Waals surface area contributed by atoms with Crippen molar-refractivity contribution in [2.75, 3.05) is 31.5 Å². The molecule has 2 aliphatic rings. The van der Waals surface area contributed by atoms with Crippen molar-refractivity contribution in [1.29, 1.82) is 0 Å². The third-order valence-electron chi connectivity index (χ3n) is 4.72. The van der Waals surface area contributed by atoms with Crippen molar-refractivity contribution in [3.63, 3.8) is 0 Å². The molecule has 2 fully saturated rings. The van der Waals surface area contributed by atoms with Crippen LogP contribution >= 0.6 is 0 Å². The first-order valence-electron chi connectivity index (χ1n) is 8.69. The lowest BCUT2D eigenvalue weighted by atomic mass is 9.92. The maximum absolute atomic E-state index is 12.6. The van der Waals surface area contributed by atoms with Crippen LogP contribution in [0.5, 0.6) is 0 Å². The maximum atomic E-state index is 12.6. The van der Waals surface area contributed by atoms with E-state index >= 15 is 0 Å². The number of piperidine rings is 1. The Balaban J connectivity index is 1.68. The Labute approximate surface area is 143 Å². The Morgan fingerprint density at radius 1 is 1.25 bits per heavy atom. The van der Waals surface area contributed by atoms with E-state index in [1.165, 1.54) is 6.42 Å². The van der Waals surface area contributed by atoms with E-state index < -0.39 is 0 Å². The Kier molecular flexibility index (Phi) is 4.92. The summed E-state index contributed by atoms with van der Waals surface area (Å²) < 4.78 is 0. The van der Waals surface area contributed by atoms with E-state index in [0.29, 0.717) is 31.5 Å². The van der Waals surface area contributed by atoms with Gasteiger partial charge in [0, 0.05) is 38.4 Å².